The summed E-state index contributed by atoms with van der Waals surface area (Å²) in [4.78, 5) is 36.7. The first-order chi connectivity index (χ1) is 13.1. The maximum atomic E-state index is 12.6. The summed E-state index contributed by atoms with van der Waals surface area (Å²) < 4.78 is 10.2. The van der Waals surface area contributed by atoms with Gasteiger partial charge in [0.15, 0.2) is 0 Å². The zero-order chi connectivity index (χ0) is 19.6. The van der Waals surface area contributed by atoms with Gasteiger partial charge in [0.1, 0.15) is 0 Å². The maximum absolute atomic E-state index is 12.6. The van der Waals surface area contributed by atoms with Crippen molar-refractivity contribution in [3.05, 3.63) is 42.5 Å². The molecular formula is C19H25N3O5. The van der Waals surface area contributed by atoms with Crippen LogP contribution in [0.15, 0.2) is 36.9 Å². The molecule has 1 N–H and O–H groups in total. The van der Waals surface area contributed by atoms with Crippen LogP contribution in [0.5, 0.6) is 0 Å². The van der Waals surface area contributed by atoms with Crippen molar-refractivity contribution in [1.29, 1.82) is 0 Å². The molecule has 0 radical (unpaired) electrons. The van der Waals surface area contributed by atoms with E-state index < -0.39 is 12.0 Å². The number of ether oxygens (including phenoxy) is 2. The van der Waals surface area contributed by atoms with Crippen LogP contribution in [-0.4, -0.2) is 60.8 Å². The van der Waals surface area contributed by atoms with E-state index in [1.807, 2.05) is 0 Å². The molecule has 0 unspecified atom stereocenters. The van der Waals surface area contributed by atoms with Gasteiger partial charge in [-0.2, -0.15) is 0 Å². The summed E-state index contributed by atoms with van der Waals surface area (Å²) in [5.74, 6) is -0.627. The zero-order valence-electron chi connectivity index (χ0n) is 15.5. The molecule has 1 aromatic rings. The van der Waals surface area contributed by atoms with Crippen LogP contribution in [-0.2, 0) is 14.3 Å². The lowest BCUT2D eigenvalue weighted by Crippen LogP contribution is -2.47. The second-order valence-electron chi connectivity index (χ2n) is 5.84. The molecule has 1 aliphatic rings. The molecular weight excluding hydrogens is 350 g/mol. The van der Waals surface area contributed by atoms with Gasteiger partial charge in [0, 0.05) is 18.8 Å². The summed E-state index contributed by atoms with van der Waals surface area (Å²) in [6.45, 7) is 7.14. The predicted molar refractivity (Wildman–Crippen MR) is 100 cm³/mol. The SMILES string of the molecule is C=CCOCCC(=O)N1CCCN1C(=O)Nc1cccc(C(=O)OCC)c1. The highest BCUT2D eigenvalue weighted by atomic mass is 16.5. The molecule has 2 rings (SSSR count). The molecule has 8 nitrogen and oxygen atoms in total. The minimum atomic E-state index is -0.453. The van der Waals surface area contributed by atoms with E-state index in [0.29, 0.717) is 37.4 Å². The molecule has 3 amide bonds. The highest BCUT2D eigenvalue weighted by Crippen LogP contribution is 2.17. The van der Waals surface area contributed by atoms with Crippen LogP contribution in [0, 0.1) is 0 Å². The van der Waals surface area contributed by atoms with Crippen LogP contribution in [0.1, 0.15) is 30.1 Å². The Hall–Kier alpha value is -2.87. The number of carbonyl (C=O) groups excluding carboxylic acids is 3. The number of hydrogen-bond acceptors (Lipinski definition) is 5. The van der Waals surface area contributed by atoms with Crippen molar-refractivity contribution in [3.8, 4) is 0 Å². The monoisotopic (exact) mass is 375 g/mol. The van der Waals surface area contributed by atoms with Crippen LogP contribution in [0.3, 0.4) is 0 Å². The fourth-order valence-electron chi connectivity index (χ4n) is 2.66. The normalized spacial score (nSPS) is 13.4. The van der Waals surface area contributed by atoms with E-state index in [2.05, 4.69) is 11.9 Å². The van der Waals surface area contributed by atoms with E-state index in [-0.39, 0.29) is 25.5 Å². The van der Waals surface area contributed by atoms with Gasteiger partial charge < -0.3 is 14.8 Å². The van der Waals surface area contributed by atoms with E-state index in [9.17, 15) is 14.4 Å². The van der Waals surface area contributed by atoms with Gasteiger partial charge in [0.2, 0.25) is 5.91 Å². The number of hydrazine groups is 1. The Morgan fingerprint density at radius 2 is 2.04 bits per heavy atom. The predicted octanol–water partition coefficient (Wildman–Crippen LogP) is 2.44. The summed E-state index contributed by atoms with van der Waals surface area (Å²) in [6, 6.07) is 6.07. The first kappa shape index (κ1) is 20.4. The summed E-state index contributed by atoms with van der Waals surface area (Å²) in [7, 11) is 0. The van der Waals surface area contributed by atoms with Crippen molar-refractivity contribution >= 4 is 23.6 Å². The number of nitrogens with zero attached hydrogens (tertiary/aromatic N) is 2. The second-order valence-corrected chi connectivity index (χ2v) is 5.84. The van der Waals surface area contributed by atoms with Crippen LogP contribution >= 0.6 is 0 Å². The van der Waals surface area contributed by atoms with Gasteiger partial charge in [-0.1, -0.05) is 12.1 Å². The standard InChI is InChI=1S/C19H25N3O5/c1-3-12-26-13-9-17(23)21-10-6-11-22(21)19(25)20-16-8-5-7-15(14-16)18(24)27-4-2/h3,5,7-8,14H,1,4,6,9-13H2,2H3,(H,20,25). The summed E-state index contributed by atoms with van der Waals surface area (Å²) >= 11 is 0. The first-order valence-corrected chi connectivity index (χ1v) is 8.91. The Bertz CT molecular complexity index is 692. The molecule has 1 fully saturated rings. The Morgan fingerprint density at radius 1 is 1.26 bits per heavy atom. The minimum absolute atomic E-state index is 0.174. The van der Waals surface area contributed by atoms with Gasteiger partial charge in [-0.05, 0) is 31.5 Å². The average molecular weight is 375 g/mol. The molecule has 146 valence electrons. The Balaban J connectivity index is 1.96. The fourth-order valence-corrected chi connectivity index (χ4v) is 2.66. The molecule has 0 spiro atoms. The Labute approximate surface area is 158 Å². The van der Waals surface area contributed by atoms with Crippen molar-refractivity contribution in [1.82, 2.24) is 10.0 Å². The number of urea groups is 1. The maximum Gasteiger partial charge on any atom is 0.340 e. The third kappa shape index (κ3) is 5.82. The summed E-state index contributed by atoms with van der Waals surface area (Å²) in [5, 5.41) is 5.54. The second kappa shape index (κ2) is 10.3. The van der Waals surface area contributed by atoms with Crippen LogP contribution < -0.4 is 5.32 Å². The van der Waals surface area contributed by atoms with E-state index in [1.165, 1.54) is 10.0 Å². The molecule has 0 atom stereocenters. The molecule has 1 aromatic carbocycles. The number of anilines is 1. The number of rotatable bonds is 8. The van der Waals surface area contributed by atoms with Crippen molar-refractivity contribution in [2.45, 2.75) is 19.8 Å². The number of esters is 1. The molecule has 0 aromatic heterocycles. The zero-order valence-corrected chi connectivity index (χ0v) is 15.5. The van der Waals surface area contributed by atoms with E-state index in [1.54, 1.807) is 37.3 Å². The molecule has 8 heteroatoms. The lowest BCUT2D eigenvalue weighted by atomic mass is 10.2. The number of benzene rings is 1. The summed E-state index contributed by atoms with van der Waals surface area (Å²) in [6.07, 6.45) is 2.51. The number of hydrogen-bond donors (Lipinski definition) is 1. The van der Waals surface area contributed by atoms with Crippen LogP contribution in [0.25, 0.3) is 0 Å². The largest absolute Gasteiger partial charge is 0.462 e. The van der Waals surface area contributed by atoms with Crippen molar-refractivity contribution in [2.75, 3.05) is 38.2 Å². The molecule has 1 aliphatic heterocycles. The van der Waals surface area contributed by atoms with E-state index in [0.717, 1.165) is 0 Å². The average Bonchev–Trinajstić information content (AvgIpc) is 3.15. The van der Waals surface area contributed by atoms with E-state index >= 15 is 0 Å². The molecule has 1 heterocycles. The van der Waals surface area contributed by atoms with Crippen LogP contribution in [0.2, 0.25) is 0 Å². The Morgan fingerprint density at radius 3 is 2.78 bits per heavy atom. The Kier molecular flexibility index (Phi) is 7.81. The van der Waals surface area contributed by atoms with Gasteiger partial charge in [-0.3, -0.25) is 4.79 Å². The summed E-state index contributed by atoms with van der Waals surface area (Å²) in [5.41, 5.74) is 0.808. The molecule has 0 bridgehead atoms. The highest BCUT2D eigenvalue weighted by molar-refractivity contribution is 5.94. The third-order valence-corrected chi connectivity index (χ3v) is 3.87. The smallest absolute Gasteiger partial charge is 0.340 e. The topological polar surface area (TPSA) is 88.2 Å². The van der Waals surface area contributed by atoms with Crippen LogP contribution in [0.4, 0.5) is 10.5 Å². The minimum Gasteiger partial charge on any atom is -0.462 e. The lowest BCUT2D eigenvalue weighted by molar-refractivity contribution is -0.140. The molecule has 27 heavy (non-hydrogen) atoms. The lowest BCUT2D eigenvalue weighted by Gasteiger charge is -2.28. The van der Waals surface area contributed by atoms with E-state index in [4.69, 9.17) is 9.47 Å². The molecule has 1 saturated heterocycles. The van der Waals surface area contributed by atoms with Crippen molar-refractivity contribution < 1.29 is 23.9 Å². The first-order valence-electron chi connectivity index (χ1n) is 8.91. The number of amides is 3. The van der Waals surface area contributed by atoms with Gasteiger partial charge in [-0.15, -0.1) is 6.58 Å². The number of nitrogens with one attached hydrogen (secondary N) is 1. The van der Waals surface area contributed by atoms with Gasteiger partial charge >= 0.3 is 12.0 Å². The molecule has 0 aliphatic carbocycles. The van der Waals surface area contributed by atoms with Crippen molar-refractivity contribution in [3.63, 3.8) is 0 Å². The van der Waals surface area contributed by atoms with Crippen molar-refractivity contribution in [2.24, 2.45) is 0 Å². The quantitative estimate of drug-likeness (QED) is 0.428. The van der Waals surface area contributed by atoms with Gasteiger partial charge in [0.05, 0.1) is 31.8 Å². The third-order valence-electron chi connectivity index (χ3n) is 3.87. The van der Waals surface area contributed by atoms with Gasteiger partial charge in [-0.25, -0.2) is 19.6 Å². The highest BCUT2D eigenvalue weighted by Gasteiger charge is 2.30. The molecule has 0 saturated carbocycles. The number of carbonyl (C=O) groups is 3. The van der Waals surface area contributed by atoms with Gasteiger partial charge in [0.25, 0.3) is 0 Å². The fraction of sp³-hybridized carbons (Fsp3) is 0.421.